The lowest BCUT2D eigenvalue weighted by Crippen LogP contribution is -2.32. The van der Waals surface area contributed by atoms with Gasteiger partial charge in [0.25, 0.3) is 0 Å². The van der Waals surface area contributed by atoms with E-state index in [2.05, 4.69) is 51.0 Å². The molecule has 20 heteroatoms. The van der Waals surface area contributed by atoms with Crippen LogP contribution < -0.4 is 17.2 Å². The van der Waals surface area contributed by atoms with Crippen molar-refractivity contribution in [2.45, 2.75) is 96.9 Å². The lowest BCUT2D eigenvalue weighted by Gasteiger charge is -2.28. The number of aliphatic hydroxyl groups excluding tert-OH is 3. The van der Waals surface area contributed by atoms with E-state index in [1.165, 1.54) is 30.4 Å². The van der Waals surface area contributed by atoms with Gasteiger partial charge in [0.05, 0.1) is 49.1 Å². The van der Waals surface area contributed by atoms with Gasteiger partial charge in [0.2, 0.25) is 0 Å². The van der Waals surface area contributed by atoms with Gasteiger partial charge in [0.1, 0.15) is 71.8 Å². The molecule has 18 nitrogen and oxygen atoms in total. The average molecular weight is 837 g/mol. The van der Waals surface area contributed by atoms with E-state index in [9.17, 15) is 24.1 Å². The third-order valence-electron chi connectivity index (χ3n) is 12.9. The number of rotatable bonds is 6. The van der Waals surface area contributed by atoms with Crippen molar-refractivity contribution in [3.8, 4) is 0 Å². The van der Waals surface area contributed by atoms with Crippen molar-refractivity contribution in [3.05, 3.63) is 72.5 Å². The summed E-state index contributed by atoms with van der Waals surface area (Å²) in [6, 6.07) is 10.9. The number of alkyl halides is 2. The Balaban J connectivity index is 0.000000136. The summed E-state index contributed by atoms with van der Waals surface area (Å²) < 4.78 is 51.7. The van der Waals surface area contributed by atoms with Crippen LogP contribution in [0.2, 0.25) is 0 Å². The molecule has 0 bridgehead atoms. The molecule has 0 spiro atoms. The molecule has 9 heterocycles. The van der Waals surface area contributed by atoms with Gasteiger partial charge in [-0.1, -0.05) is 41.5 Å². The van der Waals surface area contributed by atoms with E-state index in [4.69, 9.17) is 31.4 Å². The molecular formula is C40H54F2N12O6. The Morgan fingerprint density at radius 3 is 1.28 bits per heavy atom. The molecule has 3 fully saturated rings. The fourth-order valence-corrected chi connectivity index (χ4v) is 8.57. The van der Waals surface area contributed by atoms with Crippen LogP contribution in [0.15, 0.2) is 55.4 Å². The molecule has 0 amide bonds. The van der Waals surface area contributed by atoms with Crippen LogP contribution in [-0.4, -0.2) is 109 Å². The molecule has 10 atom stereocenters. The van der Waals surface area contributed by atoms with E-state index in [0.29, 0.717) is 39.9 Å². The Kier molecular flexibility index (Phi) is 11.5. The van der Waals surface area contributed by atoms with Crippen LogP contribution in [0.4, 0.5) is 26.2 Å². The van der Waals surface area contributed by atoms with Gasteiger partial charge in [-0.3, -0.25) is 0 Å². The molecule has 6 aromatic heterocycles. The van der Waals surface area contributed by atoms with Gasteiger partial charge in [0, 0.05) is 16.7 Å². The van der Waals surface area contributed by atoms with Crippen molar-refractivity contribution < 1.29 is 38.3 Å². The summed E-state index contributed by atoms with van der Waals surface area (Å²) in [5, 5.41) is 40.5. The molecule has 0 aromatic carbocycles. The lowest BCUT2D eigenvalue weighted by atomic mass is 9.75. The first-order valence-corrected chi connectivity index (χ1v) is 19.8. The van der Waals surface area contributed by atoms with Gasteiger partial charge < -0.3 is 46.7 Å². The number of nitrogen functional groups attached to an aromatic ring is 3. The number of hydrogen-bond acceptors (Lipinski definition) is 15. The van der Waals surface area contributed by atoms with E-state index in [1.807, 2.05) is 12.1 Å². The van der Waals surface area contributed by atoms with E-state index in [-0.39, 0.29) is 43.4 Å². The fraction of sp³-hybridized carbons (Fsp3) is 0.550. The van der Waals surface area contributed by atoms with Gasteiger partial charge in [-0.2, -0.15) is 15.3 Å². The number of aliphatic hydroxyl groups is 3. The molecule has 0 saturated carbocycles. The summed E-state index contributed by atoms with van der Waals surface area (Å²) in [6.45, 7) is 12.7. The van der Waals surface area contributed by atoms with Crippen LogP contribution >= 0.6 is 0 Å². The van der Waals surface area contributed by atoms with Crippen molar-refractivity contribution in [1.29, 1.82) is 0 Å². The quantitative estimate of drug-likeness (QED) is 0.140. The van der Waals surface area contributed by atoms with Crippen LogP contribution in [0.5, 0.6) is 0 Å². The summed E-state index contributed by atoms with van der Waals surface area (Å²) in [5.74, 6) is 0.979. The standard InChI is InChI=1S/C14H20N4O2.2C13H17FN4O2/c1-8-11(6-19)20-12(14(8,2)3)9-4-5-10-13(15)16-7-17-18(9)10;1-13(2)10(14)9(5-19)20-11(13)7-3-4-8-12(15)16-6-17-18(7)8;1-7-10(5-19)20-11(13(7,2)14)8-3-4-9-12(15)16-6-17-18(8)9/h4-5,7-8,11-12,19H,6H2,1-3H3,(H2,15,16,17);3-4,6,9-11,19H,5H2,1-2H3,(H2,15,16,17);3-4,6-7,10-11,19H,5H2,1-2H3,(H2,15,16,17)/t8-,11-,12+;9-,10-,11+;7-,10-,11+,13-/m111/s1. The molecule has 0 radical (unpaired) electrons. The zero-order valence-electron chi connectivity index (χ0n) is 34.6. The highest BCUT2D eigenvalue weighted by atomic mass is 19.1. The average Bonchev–Trinajstić information content (AvgIpc) is 4.06. The minimum Gasteiger partial charge on any atom is -0.394 e. The molecule has 324 valence electrons. The predicted octanol–water partition coefficient (Wildman–Crippen LogP) is 3.62. The first-order valence-electron chi connectivity index (χ1n) is 19.8. The monoisotopic (exact) mass is 836 g/mol. The maximum atomic E-state index is 15.0. The lowest BCUT2D eigenvalue weighted by molar-refractivity contribution is -0.0200. The van der Waals surface area contributed by atoms with Crippen LogP contribution in [0, 0.1) is 22.7 Å². The topological polar surface area (TPSA) is 257 Å². The third kappa shape index (κ3) is 7.07. The van der Waals surface area contributed by atoms with Gasteiger partial charge in [-0.15, -0.1) is 0 Å². The molecule has 0 aliphatic carbocycles. The van der Waals surface area contributed by atoms with Crippen molar-refractivity contribution in [2.75, 3.05) is 37.0 Å². The highest BCUT2D eigenvalue weighted by Gasteiger charge is 2.54. The molecule has 9 N–H and O–H groups in total. The second kappa shape index (κ2) is 16.1. The minimum absolute atomic E-state index is 0.0293. The first-order chi connectivity index (χ1) is 28.4. The maximum Gasteiger partial charge on any atom is 0.151 e. The van der Waals surface area contributed by atoms with Crippen LogP contribution in [0.25, 0.3) is 16.6 Å². The van der Waals surface area contributed by atoms with Crippen molar-refractivity contribution in [1.82, 2.24) is 43.8 Å². The number of ether oxygens (including phenoxy) is 3. The van der Waals surface area contributed by atoms with Crippen LogP contribution in [0.1, 0.15) is 83.9 Å². The molecule has 6 aromatic rings. The van der Waals surface area contributed by atoms with E-state index in [1.54, 1.807) is 54.1 Å². The largest absolute Gasteiger partial charge is 0.394 e. The molecule has 3 aliphatic rings. The Hall–Kier alpha value is -5.12. The Morgan fingerprint density at radius 2 is 0.917 bits per heavy atom. The summed E-state index contributed by atoms with van der Waals surface area (Å²) in [5.41, 5.74) is 19.2. The third-order valence-corrected chi connectivity index (χ3v) is 12.9. The summed E-state index contributed by atoms with van der Waals surface area (Å²) in [6.07, 6.45) is -0.0698. The van der Waals surface area contributed by atoms with E-state index < -0.39 is 47.6 Å². The summed E-state index contributed by atoms with van der Waals surface area (Å²) in [7, 11) is 0. The number of nitrogens with zero attached hydrogens (tertiary/aromatic N) is 9. The van der Waals surface area contributed by atoms with Gasteiger partial charge in [0.15, 0.2) is 17.5 Å². The number of fused-ring (bicyclic) bond motifs is 3. The first kappa shape index (κ1) is 43.0. The van der Waals surface area contributed by atoms with Crippen LogP contribution in [0.3, 0.4) is 0 Å². The van der Waals surface area contributed by atoms with E-state index in [0.717, 1.165) is 11.2 Å². The van der Waals surface area contributed by atoms with Gasteiger partial charge >= 0.3 is 0 Å². The maximum absolute atomic E-state index is 15.0. The van der Waals surface area contributed by atoms with Crippen molar-refractivity contribution in [2.24, 2.45) is 22.7 Å². The van der Waals surface area contributed by atoms with Gasteiger partial charge in [-0.05, 0) is 49.2 Å². The Morgan fingerprint density at radius 1 is 0.567 bits per heavy atom. The molecule has 60 heavy (non-hydrogen) atoms. The van der Waals surface area contributed by atoms with Crippen molar-refractivity contribution in [3.63, 3.8) is 0 Å². The number of anilines is 3. The predicted molar refractivity (Wildman–Crippen MR) is 217 cm³/mol. The second-order valence-electron chi connectivity index (χ2n) is 17.1. The van der Waals surface area contributed by atoms with Crippen LogP contribution in [-0.2, 0) is 14.2 Å². The highest BCUT2D eigenvalue weighted by molar-refractivity contribution is 5.67. The zero-order valence-corrected chi connectivity index (χ0v) is 34.6. The molecule has 9 rings (SSSR count). The second-order valence-corrected chi connectivity index (χ2v) is 17.1. The zero-order chi connectivity index (χ0) is 43.5. The summed E-state index contributed by atoms with van der Waals surface area (Å²) in [4.78, 5) is 11.8. The smallest absolute Gasteiger partial charge is 0.151 e. The highest BCUT2D eigenvalue weighted by Crippen LogP contribution is 2.52. The summed E-state index contributed by atoms with van der Waals surface area (Å²) >= 11 is 0. The number of hydrogen-bond donors (Lipinski definition) is 6. The molecular weight excluding hydrogens is 783 g/mol. The number of nitrogens with two attached hydrogens (primary N) is 3. The van der Waals surface area contributed by atoms with E-state index >= 15 is 0 Å². The number of aromatic nitrogens is 9. The minimum atomic E-state index is -1.60. The van der Waals surface area contributed by atoms with Gasteiger partial charge in [-0.25, -0.2) is 37.3 Å². The molecule has 3 aliphatic heterocycles. The molecule has 3 saturated heterocycles. The SMILES string of the molecule is CC1(C)[C@H](F)[C@@H](CO)O[C@H]1c1ccc2c(N)ncnn12.C[C@@H]1[C@@H](CO)O[C@@H](c2ccc3c(N)ncnn23)C1(C)C.C[C@@H]1[C@@H](CO)O[C@@H](c2ccc3c(N)ncnn23)[C@]1(C)F. The number of halogens is 2. The Labute approximate surface area is 344 Å². The normalized spacial score (nSPS) is 30.7. The van der Waals surface area contributed by atoms with Crippen molar-refractivity contribution >= 4 is 34.0 Å². The fourth-order valence-electron chi connectivity index (χ4n) is 8.57. The Bertz CT molecular complexity index is 2190. The molecule has 0 unspecified atom stereocenters.